The van der Waals surface area contributed by atoms with Crippen molar-refractivity contribution in [1.82, 2.24) is 10.2 Å². The van der Waals surface area contributed by atoms with Gasteiger partial charge in [0.1, 0.15) is 17.3 Å². The number of thioether (sulfide) groups is 1. The van der Waals surface area contributed by atoms with Gasteiger partial charge >= 0.3 is 5.51 Å². The fourth-order valence-corrected chi connectivity index (χ4v) is 3.15. The van der Waals surface area contributed by atoms with Gasteiger partial charge in [-0.15, -0.1) is 10.2 Å². The summed E-state index contributed by atoms with van der Waals surface area (Å²) >= 11 is -0.274. The molecular weight excluding hydrogens is 410 g/mol. The van der Waals surface area contributed by atoms with Crippen LogP contribution in [-0.4, -0.2) is 15.7 Å². The molecule has 1 heterocycles. The summed E-state index contributed by atoms with van der Waals surface area (Å²) in [4.78, 5) is -0.0601. The summed E-state index contributed by atoms with van der Waals surface area (Å²) in [5.41, 5.74) is -3.84. The van der Waals surface area contributed by atoms with E-state index in [9.17, 15) is 17.6 Å². The van der Waals surface area contributed by atoms with Gasteiger partial charge < -0.3 is 9.15 Å². The highest BCUT2D eigenvalue weighted by Crippen LogP contribution is 2.42. The van der Waals surface area contributed by atoms with Crippen molar-refractivity contribution in [3.8, 4) is 17.6 Å². The molecule has 0 saturated carbocycles. The Morgan fingerprint density at radius 2 is 2.00 bits per heavy atom. The van der Waals surface area contributed by atoms with Crippen LogP contribution in [0.4, 0.5) is 17.6 Å². The van der Waals surface area contributed by atoms with Crippen LogP contribution in [0.3, 0.4) is 0 Å². The predicted molar refractivity (Wildman–Crippen MR) is 97.5 cm³/mol. The van der Waals surface area contributed by atoms with Crippen LogP contribution in [0.2, 0.25) is 0 Å². The maximum Gasteiger partial charge on any atom is 0.446 e. The zero-order valence-corrected chi connectivity index (χ0v) is 15.5. The van der Waals surface area contributed by atoms with Crippen molar-refractivity contribution in [1.29, 1.82) is 5.26 Å². The summed E-state index contributed by atoms with van der Waals surface area (Å²) in [6, 6.07) is 7.86. The maximum atomic E-state index is 13.6. The van der Waals surface area contributed by atoms with E-state index in [1.54, 1.807) is 6.92 Å². The molecular formula is C19H11F4N3O2S. The van der Waals surface area contributed by atoms with Crippen molar-refractivity contribution < 1.29 is 26.7 Å². The molecule has 5 nitrogen and oxygen atoms in total. The van der Waals surface area contributed by atoms with Crippen LogP contribution in [0.15, 0.2) is 46.0 Å². The highest BCUT2D eigenvalue weighted by molar-refractivity contribution is 8.00. The SMILES string of the molecule is Cc1c(Oc2cc(F)cc(C#N)c2)ccc(SC(F)(F)F)c1/C=C/c1nnco1. The van der Waals surface area contributed by atoms with E-state index in [0.717, 1.165) is 18.5 Å². The summed E-state index contributed by atoms with van der Waals surface area (Å²) in [7, 11) is 0. The van der Waals surface area contributed by atoms with E-state index in [1.165, 1.54) is 30.4 Å². The summed E-state index contributed by atoms with van der Waals surface area (Å²) in [5.74, 6) is -0.302. The second-order valence-corrected chi connectivity index (χ2v) is 6.75. The summed E-state index contributed by atoms with van der Waals surface area (Å²) in [6.07, 6.45) is 3.86. The van der Waals surface area contributed by atoms with Gasteiger partial charge in [-0.05, 0) is 54.6 Å². The smallest absolute Gasteiger partial charge is 0.446 e. The minimum atomic E-state index is -4.49. The number of benzene rings is 2. The van der Waals surface area contributed by atoms with Crippen molar-refractivity contribution in [2.24, 2.45) is 0 Å². The fraction of sp³-hybridized carbons (Fsp3) is 0.105. The van der Waals surface area contributed by atoms with E-state index < -0.39 is 11.3 Å². The highest BCUT2D eigenvalue weighted by Gasteiger charge is 2.30. The highest BCUT2D eigenvalue weighted by atomic mass is 32.2. The van der Waals surface area contributed by atoms with Gasteiger partial charge in [-0.3, -0.25) is 0 Å². The Balaban J connectivity index is 2.02. The Hall–Kier alpha value is -3.32. The largest absolute Gasteiger partial charge is 0.457 e. The van der Waals surface area contributed by atoms with Crippen molar-refractivity contribution in [2.45, 2.75) is 17.3 Å². The molecule has 0 radical (unpaired) electrons. The third kappa shape index (κ3) is 5.36. The third-order valence-electron chi connectivity index (χ3n) is 3.65. The van der Waals surface area contributed by atoms with Crippen LogP contribution >= 0.6 is 11.8 Å². The monoisotopic (exact) mass is 421 g/mol. The molecule has 3 aromatic rings. The molecule has 0 bridgehead atoms. The Morgan fingerprint density at radius 3 is 2.66 bits per heavy atom. The van der Waals surface area contributed by atoms with Crippen molar-refractivity contribution in [3.05, 3.63) is 65.1 Å². The predicted octanol–water partition coefficient (Wildman–Crippen LogP) is 5.96. The molecule has 2 aromatic carbocycles. The van der Waals surface area contributed by atoms with Crippen molar-refractivity contribution in [3.63, 3.8) is 0 Å². The normalized spacial score (nSPS) is 11.6. The van der Waals surface area contributed by atoms with Crippen LogP contribution in [-0.2, 0) is 0 Å². The van der Waals surface area contributed by atoms with Gasteiger partial charge in [0.2, 0.25) is 12.3 Å². The average molecular weight is 421 g/mol. The lowest BCUT2D eigenvalue weighted by Crippen LogP contribution is -2.01. The zero-order valence-electron chi connectivity index (χ0n) is 14.7. The number of ether oxygens (including phenoxy) is 1. The Morgan fingerprint density at radius 1 is 1.21 bits per heavy atom. The molecule has 0 atom stereocenters. The first-order valence-corrected chi connectivity index (χ1v) is 8.79. The lowest BCUT2D eigenvalue weighted by Gasteiger charge is -2.15. The molecule has 0 fully saturated rings. The molecule has 0 unspecified atom stereocenters. The Labute approximate surface area is 166 Å². The molecule has 3 rings (SSSR count). The van der Waals surface area contributed by atoms with Crippen LogP contribution in [0, 0.1) is 24.1 Å². The van der Waals surface area contributed by atoms with Gasteiger partial charge in [-0.1, -0.05) is 0 Å². The van der Waals surface area contributed by atoms with Gasteiger partial charge in [0.25, 0.3) is 0 Å². The number of hydrogen-bond donors (Lipinski definition) is 0. The first-order chi connectivity index (χ1) is 13.7. The molecule has 0 spiro atoms. The fourth-order valence-electron chi connectivity index (χ4n) is 2.44. The third-order valence-corrected chi connectivity index (χ3v) is 4.46. The summed E-state index contributed by atoms with van der Waals surface area (Å²) < 4.78 is 63.0. The number of halogens is 4. The average Bonchev–Trinajstić information content (AvgIpc) is 3.15. The molecule has 0 aliphatic rings. The van der Waals surface area contributed by atoms with Gasteiger partial charge in [-0.25, -0.2) is 4.39 Å². The zero-order chi connectivity index (χ0) is 21.0. The van der Waals surface area contributed by atoms with Crippen molar-refractivity contribution in [2.75, 3.05) is 0 Å². The summed E-state index contributed by atoms with van der Waals surface area (Å²) in [6.45, 7) is 1.56. The lowest BCUT2D eigenvalue weighted by atomic mass is 10.1. The molecule has 0 amide bonds. The molecule has 0 aliphatic heterocycles. The van der Waals surface area contributed by atoms with Crippen LogP contribution in [0.25, 0.3) is 12.2 Å². The van der Waals surface area contributed by atoms with Gasteiger partial charge in [0.05, 0.1) is 11.6 Å². The molecule has 148 valence electrons. The summed E-state index contributed by atoms with van der Waals surface area (Å²) in [5, 5.41) is 16.1. The second-order valence-electron chi connectivity index (χ2n) is 5.65. The van der Waals surface area contributed by atoms with Crippen LogP contribution < -0.4 is 4.74 Å². The minimum Gasteiger partial charge on any atom is -0.457 e. The number of hydrogen-bond acceptors (Lipinski definition) is 6. The van der Waals surface area contributed by atoms with Crippen molar-refractivity contribution >= 4 is 23.9 Å². The molecule has 0 saturated heterocycles. The Kier molecular flexibility index (Phi) is 5.89. The van der Waals surface area contributed by atoms with E-state index in [4.69, 9.17) is 14.4 Å². The molecule has 0 N–H and O–H groups in total. The van der Waals surface area contributed by atoms with Crippen LogP contribution in [0.1, 0.15) is 22.6 Å². The van der Waals surface area contributed by atoms with E-state index in [-0.39, 0.29) is 45.2 Å². The number of alkyl halides is 3. The molecule has 1 aromatic heterocycles. The first kappa shape index (κ1) is 20.4. The van der Waals surface area contributed by atoms with Gasteiger partial charge in [-0.2, -0.15) is 18.4 Å². The topological polar surface area (TPSA) is 71.9 Å². The standard InChI is InChI=1S/C19H11F4N3O2S/c1-11-15(2-5-18-26-25-10-27-18)17(29-19(21,22)23)4-3-16(11)28-14-7-12(9-24)6-13(20)8-14/h2-8,10H,1H3/b5-2+. The van der Waals surface area contributed by atoms with E-state index in [0.29, 0.717) is 5.56 Å². The molecule has 29 heavy (non-hydrogen) atoms. The molecule has 10 heteroatoms. The van der Waals surface area contributed by atoms with E-state index in [1.807, 2.05) is 6.07 Å². The van der Waals surface area contributed by atoms with E-state index >= 15 is 0 Å². The lowest BCUT2D eigenvalue weighted by molar-refractivity contribution is -0.0328. The number of nitriles is 1. The number of aromatic nitrogens is 2. The quantitative estimate of drug-likeness (QED) is 0.374. The minimum absolute atomic E-state index is 0.0488. The Bertz CT molecular complexity index is 1090. The number of rotatable bonds is 5. The number of nitrogens with zero attached hydrogens (tertiary/aromatic N) is 3. The molecule has 0 aliphatic carbocycles. The first-order valence-electron chi connectivity index (χ1n) is 7.97. The van der Waals surface area contributed by atoms with Crippen LogP contribution in [0.5, 0.6) is 11.5 Å². The van der Waals surface area contributed by atoms with E-state index in [2.05, 4.69) is 10.2 Å². The second kappa shape index (κ2) is 8.36. The van der Waals surface area contributed by atoms with Gasteiger partial charge in [0, 0.05) is 22.6 Å². The van der Waals surface area contributed by atoms with Gasteiger partial charge in [0.15, 0.2) is 0 Å². The maximum absolute atomic E-state index is 13.6.